The van der Waals surface area contributed by atoms with Gasteiger partial charge in [0.1, 0.15) is 5.54 Å². The first kappa shape index (κ1) is 21.4. The third-order valence-corrected chi connectivity index (χ3v) is 5.76. The van der Waals surface area contributed by atoms with Gasteiger partial charge in [-0.15, -0.1) is 6.58 Å². The SMILES string of the molecule is C=CCC(CCCCCCC)C1(c2cccnn2)CN(C)CCN1C(N)=O. The van der Waals surface area contributed by atoms with E-state index in [-0.39, 0.29) is 11.9 Å². The summed E-state index contributed by atoms with van der Waals surface area (Å²) in [4.78, 5) is 16.5. The van der Waals surface area contributed by atoms with Gasteiger partial charge in [-0.25, -0.2) is 4.79 Å². The number of hydrogen-bond donors (Lipinski definition) is 1. The molecule has 150 valence electrons. The van der Waals surface area contributed by atoms with Crippen molar-refractivity contribution in [2.45, 2.75) is 57.4 Å². The van der Waals surface area contributed by atoms with Crippen LogP contribution in [0.1, 0.15) is 57.6 Å². The van der Waals surface area contributed by atoms with Crippen molar-refractivity contribution < 1.29 is 4.79 Å². The van der Waals surface area contributed by atoms with Crippen LogP contribution in [0, 0.1) is 5.92 Å². The van der Waals surface area contributed by atoms with Crippen molar-refractivity contribution in [1.29, 1.82) is 0 Å². The summed E-state index contributed by atoms with van der Waals surface area (Å²) < 4.78 is 0. The minimum Gasteiger partial charge on any atom is -0.351 e. The molecule has 2 unspecified atom stereocenters. The first-order chi connectivity index (χ1) is 13.1. The number of unbranched alkanes of at least 4 members (excludes halogenated alkanes) is 4. The zero-order valence-electron chi connectivity index (χ0n) is 16.9. The van der Waals surface area contributed by atoms with Crippen molar-refractivity contribution in [2.75, 3.05) is 26.7 Å². The topological polar surface area (TPSA) is 75.3 Å². The number of amides is 2. The third kappa shape index (κ3) is 5.06. The zero-order valence-corrected chi connectivity index (χ0v) is 16.9. The Morgan fingerprint density at radius 2 is 2.15 bits per heavy atom. The van der Waals surface area contributed by atoms with Gasteiger partial charge in [0, 0.05) is 25.8 Å². The first-order valence-electron chi connectivity index (χ1n) is 10.2. The highest BCUT2D eigenvalue weighted by Crippen LogP contribution is 2.42. The van der Waals surface area contributed by atoms with E-state index >= 15 is 0 Å². The average Bonchev–Trinajstić information content (AvgIpc) is 2.67. The minimum absolute atomic E-state index is 0.212. The molecule has 1 aliphatic rings. The first-order valence-corrected chi connectivity index (χ1v) is 10.2. The molecule has 1 fully saturated rings. The summed E-state index contributed by atoms with van der Waals surface area (Å²) in [5.74, 6) is 0.212. The number of carbonyl (C=O) groups excluding carboxylic acids is 1. The normalized spacial score (nSPS) is 21.8. The number of nitrogens with two attached hydrogens (primary N) is 1. The second kappa shape index (κ2) is 10.4. The molecule has 1 aromatic rings. The van der Waals surface area contributed by atoms with Gasteiger partial charge in [0.25, 0.3) is 0 Å². The molecule has 0 radical (unpaired) electrons. The average molecular weight is 374 g/mol. The third-order valence-electron chi connectivity index (χ3n) is 5.76. The number of piperazine rings is 1. The van der Waals surface area contributed by atoms with Crippen LogP contribution in [-0.2, 0) is 5.54 Å². The van der Waals surface area contributed by atoms with Crippen LogP contribution in [0.25, 0.3) is 0 Å². The Hall–Kier alpha value is -1.95. The molecule has 6 nitrogen and oxygen atoms in total. The molecular formula is C21H35N5O. The van der Waals surface area contributed by atoms with Crippen LogP contribution in [0.15, 0.2) is 31.0 Å². The maximum absolute atomic E-state index is 12.4. The molecule has 2 atom stereocenters. The summed E-state index contributed by atoms with van der Waals surface area (Å²) in [7, 11) is 2.09. The predicted molar refractivity (Wildman–Crippen MR) is 109 cm³/mol. The van der Waals surface area contributed by atoms with Crippen molar-refractivity contribution in [2.24, 2.45) is 11.7 Å². The predicted octanol–water partition coefficient (Wildman–Crippen LogP) is 3.55. The molecular weight excluding hydrogens is 338 g/mol. The fourth-order valence-electron chi connectivity index (χ4n) is 4.41. The number of rotatable bonds is 10. The molecule has 27 heavy (non-hydrogen) atoms. The quantitative estimate of drug-likeness (QED) is 0.503. The maximum Gasteiger partial charge on any atom is 0.315 e. The summed E-state index contributed by atoms with van der Waals surface area (Å²) in [6.45, 7) is 8.33. The van der Waals surface area contributed by atoms with Crippen LogP contribution in [-0.4, -0.2) is 52.7 Å². The lowest BCUT2D eigenvalue weighted by Crippen LogP contribution is -2.65. The highest BCUT2D eigenvalue weighted by molar-refractivity contribution is 5.73. The molecule has 0 aliphatic carbocycles. The maximum atomic E-state index is 12.4. The van der Waals surface area contributed by atoms with E-state index in [0.717, 1.165) is 31.5 Å². The van der Waals surface area contributed by atoms with Gasteiger partial charge < -0.3 is 15.5 Å². The molecule has 1 aliphatic heterocycles. The van der Waals surface area contributed by atoms with Crippen LogP contribution in [0.5, 0.6) is 0 Å². The smallest absolute Gasteiger partial charge is 0.315 e. The van der Waals surface area contributed by atoms with Crippen molar-refractivity contribution in [3.8, 4) is 0 Å². The Morgan fingerprint density at radius 3 is 2.78 bits per heavy atom. The highest BCUT2D eigenvalue weighted by atomic mass is 16.2. The molecule has 1 aromatic heterocycles. The Kier molecular flexibility index (Phi) is 8.23. The van der Waals surface area contributed by atoms with Gasteiger partial charge >= 0.3 is 6.03 Å². The minimum atomic E-state index is -0.563. The Labute approximate surface area is 163 Å². The second-order valence-corrected chi connectivity index (χ2v) is 7.69. The highest BCUT2D eigenvalue weighted by Gasteiger charge is 2.50. The van der Waals surface area contributed by atoms with Crippen LogP contribution >= 0.6 is 0 Å². The van der Waals surface area contributed by atoms with Gasteiger partial charge in [-0.05, 0) is 37.9 Å². The monoisotopic (exact) mass is 373 g/mol. The van der Waals surface area contributed by atoms with E-state index in [1.165, 1.54) is 25.7 Å². The Morgan fingerprint density at radius 1 is 1.37 bits per heavy atom. The van der Waals surface area contributed by atoms with Crippen LogP contribution in [0.4, 0.5) is 4.79 Å². The van der Waals surface area contributed by atoms with Crippen LogP contribution in [0.3, 0.4) is 0 Å². The van der Waals surface area contributed by atoms with E-state index in [1.807, 2.05) is 23.1 Å². The summed E-state index contributed by atoms with van der Waals surface area (Å²) in [6, 6.07) is 3.49. The number of allylic oxidation sites excluding steroid dienone is 1. The molecule has 2 heterocycles. The number of likely N-dealkylation sites (N-methyl/N-ethyl adjacent to an activating group) is 1. The summed E-state index contributed by atoms with van der Waals surface area (Å²) in [5, 5.41) is 8.56. The fraction of sp³-hybridized carbons (Fsp3) is 0.667. The number of nitrogens with zero attached hydrogens (tertiary/aromatic N) is 4. The van der Waals surface area contributed by atoms with E-state index in [9.17, 15) is 4.79 Å². The van der Waals surface area contributed by atoms with Gasteiger partial charge in [-0.3, -0.25) is 0 Å². The van der Waals surface area contributed by atoms with Gasteiger partial charge in [-0.2, -0.15) is 10.2 Å². The molecule has 1 saturated heterocycles. The van der Waals surface area contributed by atoms with E-state index in [0.29, 0.717) is 13.1 Å². The largest absolute Gasteiger partial charge is 0.351 e. The number of hydrogen-bond acceptors (Lipinski definition) is 4. The standard InChI is InChI=1S/C21H35N5O/c1-4-6-7-8-9-12-18(11-5-2)21(19-13-10-14-23-24-19)17-25(3)15-16-26(21)20(22)27/h5,10,13-14,18H,2,4,6-9,11-12,15-17H2,1,3H3,(H2,22,27). The lowest BCUT2D eigenvalue weighted by Gasteiger charge is -2.52. The number of primary amides is 1. The van der Waals surface area contributed by atoms with Crippen LogP contribution < -0.4 is 5.73 Å². The molecule has 0 aromatic carbocycles. The molecule has 2 amide bonds. The summed E-state index contributed by atoms with van der Waals surface area (Å²) in [5.41, 5.74) is 6.11. The van der Waals surface area contributed by atoms with E-state index < -0.39 is 5.54 Å². The van der Waals surface area contributed by atoms with E-state index in [4.69, 9.17) is 5.73 Å². The molecule has 6 heteroatoms. The molecule has 0 bridgehead atoms. The summed E-state index contributed by atoms with van der Waals surface area (Å²) in [6.07, 6.45) is 11.6. The van der Waals surface area contributed by atoms with Crippen molar-refractivity contribution in [3.05, 3.63) is 36.7 Å². The molecule has 2 rings (SSSR count). The van der Waals surface area contributed by atoms with Gasteiger partial charge in [0.2, 0.25) is 0 Å². The molecule has 0 spiro atoms. The van der Waals surface area contributed by atoms with Crippen LogP contribution in [0.2, 0.25) is 0 Å². The van der Waals surface area contributed by atoms with E-state index in [2.05, 4.69) is 35.6 Å². The van der Waals surface area contributed by atoms with Crippen molar-refractivity contribution in [3.63, 3.8) is 0 Å². The van der Waals surface area contributed by atoms with E-state index in [1.54, 1.807) is 6.20 Å². The lowest BCUT2D eigenvalue weighted by molar-refractivity contribution is -0.0136. The summed E-state index contributed by atoms with van der Waals surface area (Å²) >= 11 is 0. The Bertz CT molecular complexity index is 593. The fourth-order valence-corrected chi connectivity index (χ4v) is 4.41. The molecule has 0 saturated carbocycles. The second-order valence-electron chi connectivity index (χ2n) is 7.69. The number of aromatic nitrogens is 2. The van der Waals surface area contributed by atoms with Gasteiger partial charge in [0.15, 0.2) is 0 Å². The van der Waals surface area contributed by atoms with Gasteiger partial charge in [0.05, 0.1) is 5.69 Å². The number of urea groups is 1. The number of carbonyl (C=O) groups is 1. The van der Waals surface area contributed by atoms with Gasteiger partial charge in [-0.1, -0.05) is 45.1 Å². The van der Waals surface area contributed by atoms with Crippen molar-refractivity contribution in [1.82, 2.24) is 20.0 Å². The zero-order chi connectivity index (χ0) is 19.7. The van der Waals surface area contributed by atoms with Crippen molar-refractivity contribution >= 4 is 6.03 Å². The lowest BCUT2D eigenvalue weighted by atomic mass is 9.73. The Balaban J connectivity index is 2.38. The molecule has 2 N–H and O–H groups in total.